The summed E-state index contributed by atoms with van der Waals surface area (Å²) in [5.41, 5.74) is 0.0804. The maximum Gasteiger partial charge on any atom is 0.405 e. The summed E-state index contributed by atoms with van der Waals surface area (Å²) in [5, 5.41) is 13.4. The molecule has 1 aliphatic heterocycles. The fraction of sp³-hybridized carbons (Fsp3) is 0.318. The number of nitrogens with one attached hydrogen (secondary N) is 2. The lowest BCUT2D eigenvalue weighted by molar-refractivity contribution is -0.142. The number of carbonyl (C=O) groups excluding carboxylic acids is 2. The molecule has 7 nitrogen and oxygen atoms in total. The molecule has 3 amide bonds. The van der Waals surface area contributed by atoms with Crippen LogP contribution in [0.2, 0.25) is 0 Å². The predicted molar refractivity (Wildman–Crippen MR) is 109 cm³/mol. The lowest BCUT2D eigenvalue weighted by atomic mass is 9.90. The molecule has 0 saturated carbocycles. The van der Waals surface area contributed by atoms with Crippen LogP contribution in [-0.2, 0) is 16.0 Å². The van der Waals surface area contributed by atoms with E-state index in [-0.39, 0.29) is 18.5 Å². The third kappa shape index (κ3) is 4.68. The van der Waals surface area contributed by atoms with Crippen LogP contribution >= 0.6 is 0 Å². The molecule has 1 aliphatic rings. The largest absolute Gasteiger partial charge is 0.465 e. The molecule has 2 aromatic rings. The first-order valence-electron chi connectivity index (χ1n) is 9.93. The Kier molecular flexibility index (Phi) is 6.71. The van der Waals surface area contributed by atoms with Crippen LogP contribution in [0.4, 0.5) is 23.7 Å². The van der Waals surface area contributed by atoms with Crippen LogP contribution in [0.3, 0.4) is 0 Å². The number of hydrogen-bond donors (Lipinski definition) is 3. The Morgan fingerprint density at radius 1 is 1.09 bits per heavy atom. The Morgan fingerprint density at radius 3 is 2.34 bits per heavy atom. The van der Waals surface area contributed by atoms with Crippen molar-refractivity contribution in [2.24, 2.45) is 5.92 Å². The van der Waals surface area contributed by atoms with E-state index in [9.17, 15) is 27.6 Å². The highest BCUT2D eigenvalue weighted by molar-refractivity contribution is 5.99. The van der Waals surface area contributed by atoms with E-state index in [2.05, 4.69) is 10.6 Å². The summed E-state index contributed by atoms with van der Waals surface area (Å²) in [4.78, 5) is 38.8. The second-order valence-electron chi connectivity index (χ2n) is 7.78. The van der Waals surface area contributed by atoms with E-state index >= 15 is 0 Å². The van der Waals surface area contributed by atoms with Gasteiger partial charge < -0.3 is 20.6 Å². The molecule has 2 aromatic carbocycles. The zero-order valence-electron chi connectivity index (χ0n) is 17.4. The van der Waals surface area contributed by atoms with Crippen LogP contribution in [0.15, 0.2) is 36.4 Å². The van der Waals surface area contributed by atoms with Crippen molar-refractivity contribution in [3.8, 4) is 0 Å². The maximum absolute atomic E-state index is 14.1. The van der Waals surface area contributed by atoms with Gasteiger partial charge in [0.05, 0.1) is 0 Å². The van der Waals surface area contributed by atoms with Crippen LogP contribution in [0.1, 0.15) is 31.0 Å². The molecule has 0 aliphatic carbocycles. The van der Waals surface area contributed by atoms with Gasteiger partial charge in [-0.2, -0.15) is 0 Å². The van der Waals surface area contributed by atoms with E-state index in [4.69, 9.17) is 5.11 Å². The number of benzene rings is 2. The molecule has 0 aromatic heterocycles. The molecule has 170 valence electrons. The first-order chi connectivity index (χ1) is 15.1. The van der Waals surface area contributed by atoms with Crippen molar-refractivity contribution in [2.45, 2.75) is 32.4 Å². The molecule has 0 fully saturated rings. The summed E-state index contributed by atoms with van der Waals surface area (Å²) >= 11 is 0. The average molecular weight is 449 g/mol. The molecule has 0 bridgehead atoms. The van der Waals surface area contributed by atoms with Crippen molar-refractivity contribution in [2.75, 3.05) is 11.9 Å². The summed E-state index contributed by atoms with van der Waals surface area (Å²) in [7, 11) is 0. The third-order valence-electron chi connectivity index (χ3n) is 5.29. The minimum absolute atomic E-state index is 0.0162. The quantitative estimate of drug-likeness (QED) is 0.651. The van der Waals surface area contributed by atoms with Crippen LogP contribution in [-0.4, -0.2) is 40.5 Å². The van der Waals surface area contributed by atoms with Gasteiger partial charge in [-0.15, -0.1) is 0 Å². The Hall–Kier alpha value is -3.56. The van der Waals surface area contributed by atoms with Crippen LogP contribution in [0.5, 0.6) is 0 Å². The van der Waals surface area contributed by atoms with Gasteiger partial charge in [0, 0.05) is 6.54 Å². The SMILES string of the molecule is CC(C)[C@H](NC(=O)O)C(=O)N1CCc2cc(F)ccc2C1C(=O)Nc1c(F)cccc1F. The number of carbonyl (C=O) groups is 3. The number of carboxylic acid groups (broad SMARTS) is 1. The minimum atomic E-state index is -1.41. The van der Waals surface area contributed by atoms with E-state index in [1.165, 1.54) is 12.1 Å². The van der Waals surface area contributed by atoms with Crippen molar-refractivity contribution in [1.29, 1.82) is 0 Å². The van der Waals surface area contributed by atoms with E-state index < -0.39 is 59.0 Å². The number of nitrogens with zero attached hydrogens (tertiary/aromatic N) is 1. The first-order valence-corrected chi connectivity index (χ1v) is 9.93. The fourth-order valence-corrected chi connectivity index (χ4v) is 3.75. The van der Waals surface area contributed by atoms with Gasteiger partial charge >= 0.3 is 6.09 Å². The Bertz CT molecular complexity index is 1040. The number of fused-ring (bicyclic) bond motifs is 1. The normalized spacial score (nSPS) is 16.3. The standard InChI is InChI=1S/C22H22F3N3O4/c1-11(2)17(27-22(31)32)21(30)28-9-8-12-10-13(23)6-7-14(12)19(28)20(29)26-18-15(24)4-3-5-16(18)25/h3-7,10-11,17,19,27H,8-9H2,1-2H3,(H,26,29)(H,31,32)/t17-,19?/m0/s1. The number of rotatable bonds is 5. The summed E-state index contributed by atoms with van der Waals surface area (Å²) in [6, 6.07) is 4.26. The monoisotopic (exact) mass is 449 g/mol. The van der Waals surface area contributed by atoms with Crippen LogP contribution < -0.4 is 10.6 Å². The molecule has 0 radical (unpaired) electrons. The summed E-state index contributed by atoms with van der Waals surface area (Å²) < 4.78 is 42.0. The molecule has 32 heavy (non-hydrogen) atoms. The predicted octanol–water partition coefficient (Wildman–Crippen LogP) is 3.46. The molecular formula is C22H22F3N3O4. The van der Waals surface area contributed by atoms with E-state index in [0.29, 0.717) is 5.56 Å². The fourth-order valence-electron chi connectivity index (χ4n) is 3.75. The molecule has 1 heterocycles. The van der Waals surface area contributed by atoms with Gasteiger partial charge in [0.25, 0.3) is 5.91 Å². The number of halogens is 3. The second-order valence-corrected chi connectivity index (χ2v) is 7.78. The minimum Gasteiger partial charge on any atom is -0.465 e. The molecule has 10 heteroatoms. The highest BCUT2D eigenvalue weighted by atomic mass is 19.1. The summed E-state index contributed by atoms with van der Waals surface area (Å²) in [5.74, 6) is -4.56. The van der Waals surface area contributed by atoms with Crippen molar-refractivity contribution < 1.29 is 32.7 Å². The summed E-state index contributed by atoms with van der Waals surface area (Å²) in [6.07, 6.45) is -1.19. The summed E-state index contributed by atoms with van der Waals surface area (Å²) in [6.45, 7) is 3.25. The molecule has 0 saturated heterocycles. The maximum atomic E-state index is 14.1. The van der Waals surface area contributed by atoms with Crippen molar-refractivity contribution in [1.82, 2.24) is 10.2 Å². The lowest BCUT2D eigenvalue weighted by Crippen LogP contribution is -2.55. The first kappa shape index (κ1) is 23.1. The van der Waals surface area contributed by atoms with Gasteiger partial charge in [0.1, 0.15) is 35.2 Å². The van der Waals surface area contributed by atoms with Gasteiger partial charge in [-0.05, 0) is 47.7 Å². The Labute approximate surface area is 182 Å². The Balaban J connectivity index is 2.03. The topological polar surface area (TPSA) is 98.7 Å². The number of anilines is 1. The number of amides is 3. The Morgan fingerprint density at radius 2 is 1.75 bits per heavy atom. The van der Waals surface area contributed by atoms with E-state index in [1.807, 2.05) is 0 Å². The van der Waals surface area contributed by atoms with Gasteiger partial charge in [-0.1, -0.05) is 26.0 Å². The van der Waals surface area contributed by atoms with Gasteiger partial charge in [-0.25, -0.2) is 18.0 Å². The van der Waals surface area contributed by atoms with Gasteiger partial charge in [0.2, 0.25) is 5.91 Å². The lowest BCUT2D eigenvalue weighted by Gasteiger charge is -2.38. The highest BCUT2D eigenvalue weighted by Crippen LogP contribution is 2.33. The zero-order chi connectivity index (χ0) is 23.6. The van der Waals surface area contributed by atoms with Crippen molar-refractivity contribution >= 4 is 23.6 Å². The third-order valence-corrected chi connectivity index (χ3v) is 5.29. The van der Waals surface area contributed by atoms with Crippen molar-refractivity contribution in [3.05, 3.63) is 65.0 Å². The molecular weight excluding hydrogens is 427 g/mol. The number of para-hydroxylation sites is 1. The molecule has 3 N–H and O–H groups in total. The smallest absolute Gasteiger partial charge is 0.405 e. The molecule has 0 spiro atoms. The average Bonchev–Trinajstić information content (AvgIpc) is 2.72. The molecule has 1 unspecified atom stereocenters. The zero-order valence-corrected chi connectivity index (χ0v) is 17.4. The second kappa shape index (κ2) is 9.29. The van der Waals surface area contributed by atoms with Gasteiger partial charge in [0.15, 0.2) is 0 Å². The van der Waals surface area contributed by atoms with Crippen LogP contribution in [0, 0.1) is 23.4 Å². The van der Waals surface area contributed by atoms with Crippen molar-refractivity contribution in [3.63, 3.8) is 0 Å². The molecule has 2 atom stereocenters. The number of hydrogen-bond acceptors (Lipinski definition) is 3. The highest BCUT2D eigenvalue weighted by Gasteiger charge is 2.40. The van der Waals surface area contributed by atoms with E-state index in [1.54, 1.807) is 13.8 Å². The van der Waals surface area contributed by atoms with E-state index in [0.717, 1.165) is 29.2 Å². The molecule has 3 rings (SSSR count). The van der Waals surface area contributed by atoms with Gasteiger partial charge in [-0.3, -0.25) is 9.59 Å². The van der Waals surface area contributed by atoms with Crippen LogP contribution in [0.25, 0.3) is 0 Å².